The number of hydrogen-bond acceptors (Lipinski definition) is 3. The van der Waals surface area contributed by atoms with Gasteiger partial charge in [-0.05, 0) is 54.7 Å². The molecule has 0 radical (unpaired) electrons. The minimum atomic E-state index is -0.233. The van der Waals surface area contributed by atoms with Crippen molar-refractivity contribution >= 4 is 5.69 Å². The summed E-state index contributed by atoms with van der Waals surface area (Å²) in [5.41, 5.74) is 2.56. The highest BCUT2D eigenvalue weighted by Gasteiger charge is 2.22. The summed E-state index contributed by atoms with van der Waals surface area (Å²) in [5.74, 6) is 0.264. The minimum Gasteiger partial charge on any atom is -0.381 e. The predicted octanol–water partition coefficient (Wildman–Crippen LogP) is 4.28. The molecule has 1 saturated heterocycles. The fourth-order valence-electron chi connectivity index (χ4n) is 2.96. The molecule has 0 aromatic heterocycles. The second-order valence-electron chi connectivity index (χ2n) is 5.91. The Hall–Kier alpha value is -2.38. The van der Waals surface area contributed by atoms with E-state index in [0.717, 1.165) is 37.3 Å². The van der Waals surface area contributed by atoms with E-state index in [1.807, 2.05) is 30.3 Å². The van der Waals surface area contributed by atoms with E-state index in [0.29, 0.717) is 11.5 Å². The Kier molecular flexibility index (Phi) is 4.89. The van der Waals surface area contributed by atoms with Crippen LogP contribution < -0.4 is 5.32 Å². The third-order valence-corrected chi connectivity index (χ3v) is 4.20. The number of benzene rings is 2. The van der Waals surface area contributed by atoms with E-state index in [1.165, 1.54) is 12.1 Å². The Labute approximate surface area is 135 Å². The van der Waals surface area contributed by atoms with Gasteiger partial charge < -0.3 is 10.1 Å². The van der Waals surface area contributed by atoms with Gasteiger partial charge in [0.1, 0.15) is 5.82 Å². The first-order chi connectivity index (χ1) is 11.2. The van der Waals surface area contributed by atoms with Crippen LogP contribution in [0.2, 0.25) is 0 Å². The number of halogens is 1. The highest BCUT2D eigenvalue weighted by atomic mass is 19.1. The molecule has 2 unspecified atom stereocenters. The van der Waals surface area contributed by atoms with E-state index in [-0.39, 0.29) is 11.9 Å². The molecule has 1 N–H and O–H groups in total. The summed E-state index contributed by atoms with van der Waals surface area (Å²) in [6, 6.07) is 16.2. The lowest BCUT2D eigenvalue weighted by atomic mass is 9.94. The Morgan fingerprint density at radius 2 is 2.09 bits per heavy atom. The lowest BCUT2D eigenvalue weighted by Gasteiger charge is -2.23. The monoisotopic (exact) mass is 310 g/mol. The SMILES string of the molecule is N#Cc1cccc(NC(CC2CCOC2)c2ccc(F)cc2)c1. The van der Waals surface area contributed by atoms with Gasteiger partial charge in [-0.25, -0.2) is 4.39 Å². The van der Waals surface area contributed by atoms with Crippen LogP contribution in [0.15, 0.2) is 48.5 Å². The maximum absolute atomic E-state index is 13.2. The highest BCUT2D eigenvalue weighted by molar-refractivity contribution is 5.50. The molecular formula is C19H19FN2O. The van der Waals surface area contributed by atoms with E-state index < -0.39 is 0 Å². The number of nitriles is 1. The normalized spacial score (nSPS) is 18.3. The van der Waals surface area contributed by atoms with Gasteiger partial charge >= 0.3 is 0 Å². The average molecular weight is 310 g/mol. The van der Waals surface area contributed by atoms with Crippen molar-refractivity contribution in [3.8, 4) is 6.07 Å². The van der Waals surface area contributed by atoms with Crippen LogP contribution in [-0.4, -0.2) is 13.2 Å². The number of rotatable bonds is 5. The van der Waals surface area contributed by atoms with Gasteiger partial charge in [-0.1, -0.05) is 18.2 Å². The molecule has 1 heterocycles. The standard InChI is InChI=1S/C19H19FN2O/c20-17-6-4-16(5-7-17)19(11-15-8-9-23-13-15)22-18-3-1-2-14(10-18)12-21/h1-7,10,15,19,22H,8-9,11,13H2. The number of anilines is 1. The number of nitrogens with one attached hydrogen (secondary N) is 1. The molecule has 0 spiro atoms. The molecule has 0 bridgehead atoms. The zero-order valence-corrected chi connectivity index (χ0v) is 12.8. The van der Waals surface area contributed by atoms with Crippen molar-refractivity contribution in [2.45, 2.75) is 18.9 Å². The van der Waals surface area contributed by atoms with Crippen molar-refractivity contribution in [2.24, 2.45) is 5.92 Å². The molecule has 0 aliphatic carbocycles. The van der Waals surface area contributed by atoms with Crippen LogP contribution in [0.5, 0.6) is 0 Å². The summed E-state index contributed by atoms with van der Waals surface area (Å²) in [6.45, 7) is 1.59. The lowest BCUT2D eigenvalue weighted by molar-refractivity contribution is 0.183. The third kappa shape index (κ3) is 4.08. The maximum Gasteiger partial charge on any atom is 0.123 e. The van der Waals surface area contributed by atoms with Crippen LogP contribution in [0.25, 0.3) is 0 Å². The Bertz CT molecular complexity index is 687. The highest BCUT2D eigenvalue weighted by Crippen LogP contribution is 2.30. The van der Waals surface area contributed by atoms with Gasteiger partial charge in [0.05, 0.1) is 17.7 Å². The zero-order chi connectivity index (χ0) is 16.1. The van der Waals surface area contributed by atoms with Gasteiger partial charge in [-0.15, -0.1) is 0 Å². The number of nitrogens with zero attached hydrogens (tertiary/aromatic N) is 1. The third-order valence-electron chi connectivity index (χ3n) is 4.20. The van der Waals surface area contributed by atoms with Gasteiger partial charge in [0.25, 0.3) is 0 Å². The first-order valence-electron chi connectivity index (χ1n) is 7.84. The van der Waals surface area contributed by atoms with Crippen molar-refractivity contribution in [1.29, 1.82) is 5.26 Å². The van der Waals surface area contributed by atoms with E-state index >= 15 is 0 Å². The smallest absolute Gasteiger partial charge is 0.123 e. The second kappa shape index (κ2) is 7.26. The maximum atomic E-state index is 13.2. The van der Waals surface area contributed by atoms with Gasteiger partial charge in [0.15, 0.2) is 0 Å². The van der Waals surface area contributed by atoms with Crippen molar-refractivity contribution in [3.05, 3.63) is 65.5 Å². The molecule has 3 nitrogen and oxygen atoms in total. The largest absolute Gasteiger partial charge is 0.381 e. The summed E-state index contributed by atoms with van der Waals surface area (Å²) in [5, 5.41) is 12.5. The molecule has 23 heavy (non-hydrogen) atoms. The summed E-state index contributed by atoms with van der Waals surface area (Å²) >= 11 is 0. The predicted molar refractivity (Wildman–Crippen MR) is 87.5 cm³/mol. The quantitative estimate of drug-likeness (QED) is 0.896. The van der Waals surface area contributed by atoms with E-state index in [9.17, 15) is 4.39 Å². The van der Waals surface area contributed by atoms with E-state index in [2.05, 4.69) is 11.4 Å². The van der Waals surface area contributed by atoms with Crippen LogP contribution >= 0.6 is 0 Å². The van der Waals surface area contributed by atoms with Gasteiger partial charge in [0, 0.05) is 18.9 Å². The molecule has 2 aromatic carbocycles. The molecule has 2 aromatic rings. The summed E-state index contributed by atoms with van der Waals surface area (Å²) in [6.07, 6.45) is 1.97. The summed E-state index contributed by atoms with van der Waals surface area (Å²) in [4.78, 5) is 0. The molecule has 3 rings (SSSR count). The van der Waals surface area contributed by atoms with Crippen molar-refractivity contribution in [1.82, 2.24) is 0 Å². The van der Waals surface area contributed by atoms with Crippen molar-refractivity contribution < 1.29 is 9.13 Å². The molecule has 2 atom stereocenters. The summed E-state index contributed by atoms with van der Waals surface area (Å²) < 4.78 is 18.7. The zero-order valence-electron chi connectivity index (χ0n) is 12.8. The van der Waals surface area contributed by atoms with Crippen LogP contribution in [0.3, 0.4) is 0 Å². The van der Waals surface area contributed by atoms with Gasteiger partial charge in [0.2, 0.25) is 0 Å². The van der Waals surface area contributed by atoms with Crippen LogP contribution in [0.4, 0.5) is 10.1 Å². The fourth-order valence-corrected chi connectivity index (χ4v) is 2.96. The minimum absolute atomic E-state index is 0.0660. The fraction of sp³-hybridized carbons (Fsp3) is 0.316. The first-order valence-corrected chi connectivity index (χ1v) is 7.84. The first kappa shape index (κ1) is 15.5. The van der Waals surface area contributed by atoms with Gasteiger partial charge in [-0.2, -0.15) is 5.26 Å². The van der Waals surface area contributed by atoms with E-state index in [4.69, 9.17) is 10.00 Å². The molecule has 0 amide bonds. The Morgan fingerprint density at radius 3 is 2.78 bits per heavy atom. The Morgan fingerprint density at radius 1 is 1.26 bits per heavy atom. The summed E-state index contributed by atoms with van der Waals surface area (Å²) in [7, 11) is 0. The van der Waals surface area contributed by atoms with Crippen LogP contribution in [-0.2, 0) is 4.74 Å². The molecule has 118 valence electrons. The van der Waals surface area contributed by atoms with Crippen LogP contribution in [0, 0.1) is 23.1 Å². The molecule has 1 fully saturated rings. The van der Waals surface area contributed by atoms with Gasteiger partial charge in [-0.3, -0.25) is 0 Å². The molecular weight excluding hydrogens is 291 g/mol. The average Bonchev–Trinajstić information content (AvgIpc) is 3.08. The molecule has 1 aliphatic rings. The molecule has 0 saturated carbocycles. The number of ether oxygens (including phenoxy) is 1. The topological polar surface area (TPSA) is 45.0 Å². The lowest BCUT2D eigenvalue weighted by Crippen LogP contribution is -2.16. The Balaban J connectivity index is 1.81. The second-order valence-corrected chi connectivity index (χ2v) is 5.91. The molecule has 1 aliphatic heterocycles. The number of hydrogen-bond donors (Lipinski definition) is 1. The van der Waals surface area contributed by atoms with Crippen molar-refractivity contribution in [3.63, 3.8) is 0 Å². The molecule has 4 heteroatoms. The van der Waals surface area contributed by atoms with E-state index in [1.54, 1.807) is 6.07 Å². The van der Waals surface area contributed by atoms with Crippen LogP contribution in [0.1, 0.15) is 30.0 Å². The van der Waals surface area contributed by atoms with Crippen molar-refractivity contribution in [2.75, 3.05) is 18.5 Å².